The van der Waals surface area contributed by atoms with Crippen molar-refractivity contribution in [2.75, 3.05) is 39.3 Å². The minimum Gasteiger partial charge on any atom is -0.339 e. The molecule has 1 saturated heterocycles. The molecule has 5 rings (SSSR count). The molecule has 148 valence electrons. The lowest BCUT2D eigenvalue weighted by Gasteiger charge is -2.43. The molecule has 2 aromatic heterocycles. The number of carbonyl (C=O) groups excluding carboxylic acids is 1. The maximum atomic E-state index is 12.8. The van der Waals surface area contributed by atoms with Crippen molar-refractivity contribution in [1.82, 2.24) is 34.7 Å². The first kappa shape index (κ1) is 17.8. The molecular formula is C20H27N7O. The molecule has 2 fully saturated rings. The van der Waals surface area contributed by atoms with Gasteiger partial charge in [0.2, 0.25) is 5.91 Å². The van der Waals surface area contributed by atoms with Crippen LogP contribution in [-0.4, -0.2) is 85.9 Å². The van der Waals surface area contributed by atoms with Gasteiger partial charge in [-0.2, -0.15) is 10.2 Å². The summed E-state index contributed by atoms with van der Waals surface area (Å²) in [5, 5.41) is 12.6. The number of carbonyl (C=O) groups is 1. The van der Waals surface area contributed by atoms with Crippen molar-refractivity contribution in [2.45, 2.75) is 38.3 Å². The second-order valence-corrected chi connectivity index (χ2v) is 8.07. The van der Waals surface area contributed by atoms with Gasteiger partial charge in [-0.25, -0.2) is 4.68 Å². The largest absolute Gasteiger partial charge is 0.339 e. The minimum absolute atomic E-state index is 0.262. The van der Waals surface area contributed by atoms with Crippen molar-refractivity contribution < 1.29 is 4.79 Å². The van der Waals surface area contributed by atoms with E-state index in [2.05, 4.69) is 25.1 Å². The lowest BCUT2D eigenvalue weighted by molar-refractivity contribution is -0.135. The van der Waals surface area contributed by atoms with E-state index in [4.69, 9.17) is 0 Å². The summed E-state index contributed by atoms with van der Waals surface area (Å²) in [6.07, 6.45) is 8.48. The Bertz CT molecular complexity index is 824. The Hall–Kier alpha value is -2.32. The number of fused-ring (bicyclic) bond motifs is 1. The third kappa shape index (κ3) is 3.42. The van der Waals surface area contributed by atoms with Crippen molar-refractivity contribution in [3.8, 4) is 5.82 Å². The van der Waals surface area contributed by atoms with E-state index in [0.717, 1.165) is 57.5 Å². The number of piperazine rings is 1. The average Bonchev–Trinajstić information content (AvgIpc) is 3.11. The van der Waals surface area contributed by atoms with E-state index in [1.807, 2.05) is 27.9 Å². The van der Waals surface area contributed by atoms with Gasteiger partial charge in [0.05, 0.1) is 18.4 Å². The van der Waals surface area contributed by atoms with Gasteiger partial charge < -0.3 is 4.90 Å². The van der Waals surface area contributed by atoms with Crippen LogP contribution >= 0.6 is 0 Å². The summed E-state index contributed by atoms with van der Waals surface area (Å²) in [6.45, 7) is 5.95. The summed E-state index contributed by atoms with van der Waals surface area (Å²) in [6, 6.07) is 4.57. The van der Waals surface area contributed by atoms with Crippen LogP contribution in [0.4, 0.5) is 0 Å². The summed E-state index contributed by atoms with van der Waals surface area (Å²) < 4.78 is 1.88. The molecule has 28 heavy (non-hydrogen) atoms. The van der Waals surface area contributed by atoms with Gasteiger partial charge in [-0.1, -0.05) is 6.42 Å². The molecule has 1 amide bonds. The summed E-state index contributed by atoms with van der Waals surface area (Å²) in [7, 11) is 0. The molecule has 1 aliphatic carbocycles. The number of hydrogen-bond acceptors (Lipinski definition) is 6. The van der Waals surface area contributed by atoms with Gasteiger partial charge in [-0.05, 0) is 25.0 Å². The maximum Gasteiger partial charge on any atom is 0.236 e. The second kappa shape index (κ2) is 7.60. The van der Waals surface area contributed by atoms with Crippen LogP contribution in [0.1, 0.15) is 30.5 Å². The van der Waals surface area contributed by atoms with E-state index in [9.17, 15) is 4.79 Å². The first-order valence-corrected chi connectivity index (χ1v) is 10.4. The van der Waals surface area contributed by atoms with Crippen LogP contribution in [0.5, 0.6) is 0 Å². The van der Waals surface area contributed by atoms with Crippen molar-refractivity contribution in [2.24, 2.45) is 0 Å². The molecule has 0 atom stereocenters. The fourth-order valence-electron chi connectivity index (χ4n) is 4.51. The monoisotopic (exact) mass is 381 g/mol. The van der Waals surface area contributed by atoms with Gasteiger partial charge in [0.15, 0.2) is 5.82 Å². The highest BCUT2D eigenvalue weighted by molar-refractivity contribution is 5.78. The van der Waals surface area contributed by atoms with Gasteiger partial charge >= 0.3 is 0 Å². The summed E-state index contributed by atoms with van der Waals surface area (Å²) >= 11 is 0. The SMILES string of the molecule is O=C(CN1CCc2c(cnn2-c2cccnn2)C1)N1CCN(C2CCC2)CC1. The third-order valence-electron chi connectivity index (χ3n) is 6.41. The Kier molecular flexibility index (Phi) is 4.82. The van der Waals surface area contributed by atoms with Gasteiger partial charge in [0, 0.05) is 63.5 Å². The molecule has 8 nitrogen and oxygen atoms in total. The normalized spacial score (nSPS) is 21.4. The van der Waals surface area contributed by atoms with E-state index in [0.29, 0.717) is 6.54 Å². The number of aromatic nitrogens is 4. The fraction of sp³-hybridized carbons (Fsp3) is 0.600. The van der Waals surface area contributed by atoms with Gasteiger partial charge in [-0.15, -0.1) is 5.10 Å². The molecule has 4 heterocycles. The van der Waals surface area contributed by atoms with Crippen LogP contribution in [0.2, 0.25) is 0 Å². The standard InChI is InChI=1S/C20H27N7O/c28-20(26-11-9-25(10-12-26)17-3-1-4-17)15-24-8-6-18-16(14-24)13-22-27(18)19-5-2-7-21-23-19/h2,5,7,13,17H,1,3-4,6,8-12,14-15H2. The second-order valence-electron chi connectivity index (χ2n) is 8.07. The molecule has 0 radical (unpaired) electrons. The summed E-state index contributed by atoms with van der Waals surface area (Å²) in [4.78, 5) is 19.7. The lowest BCUT2D eigenvalue weighted by Crippen LogP contribution is -2.55. The van der Waals surface area contributed by atoms with Crippen molar-refractivity contribution in [3.05, 3.63) is 35.8 Å². The lowest BCUT2D eigenvalue weighted by atomic mass is 9.91. The van der Waals surface area contributed by atoms with E-state index in [1.165, 1.54) is 30.5 Å². The number of rotatable bonds is 4. The Morgan fingerprint density at radius 3 is 2.71 bits per heavy atom. The molecule has 0 bridgehead atoms. The molecule has 0 spiro atoms. The van der Waals surface area contributed by atoms with E-state index >= 15 is 0 Å². The highest BCUT2D eigenvalue weighted by Gasteiger charge is 2.30. The highest BCUT2D eigenvalue weighted by Crippen LogP contribution is 2.26. The van der Waals surface area contributed by atoms with Crippen LogP contribution in [0.3, 0.4) is 0 Å². The molecule has 2 aliphatic heterocycles. The number of amides is 1. The Labute approximate surface area is 165 Å². The first-order valence-electron chi connectivity index (χ1n) is 10.4. The van der Waals surface area contributed by atoms with Crippen molar-refractivity contribution in [1.29, 1.82) is 0 Å². The summed E-state index contributed by atoms with van der Waals surface area (Å²) in [5.74, 6) is 1.01. The van der Waals surface area contributed by atoms with Crippen molar-refractivity contribution >= 4 is 5.91 Å². The number of nitrogens with zero attached hydrogens (tertiary/aromatic N) is 7. The van der Waals surface area contributed by atoms with Crippen LogP contribution < -0.4 is 0 Å². The molecule has 0 N–H and O–H groups in total. The number of hydrogen-bond donors (Lipinski definition) is 0. The Morgan fingerprint density at radius 1 is 1.14 bits per heavy atom. The van der Waals surface area contributed by atoms with E-state index < -0.39 is 0 Å². The van der Waals surface area contributed by atoms with Gasteiger partial charge in [0.25, 0.3) is 0 Å². The molecule has 0 unspecified atom stereocenters. The van der Waals surface area contributed by atoms with Gasteiger partial charge in [-0.3, -0.25) is 14.6 Å². The molecule has 3 aliphatic rings. The smallest absolute Gasteiger partial charge is 0.236 e. The Balaban J connectivity index is 1.17. The average molecular weight is 381 g/mol. The van der Waals surface area contributed by atoms with Crippen LogP contribution in [0, 0.1) is 0 Å². The maximum absolute atomic E-state index is 12.8. The van der Waals surface area contributed by atoms with Crippen LogP contribution in [-0.2, 0) is 17.8 Å². The van der Waals surface area contributed by atoms with Gasteiger partial charge in [0.1, 0.15) is 0 Å². The molecule has 0 aromatic carbocycles. The highest BCUT2D eigenvalue weighted by atomic mass is 16.2. The molecule has 1 saturated carbocycles. The third-order valence-corrected chi connectivity index (χ3v) is 6.41. The first-order chi connectivity index (χ1) is 13.8. The van der Waals surface area contributed by atoms with Crippen LogP contribution in [0.25, 0.3) is 5.82 Å². The molecular weight excluding hydrogens is 354 g/mol. The quantitative estimate of drug-likeness (QED) is 0.777. The van der Waals surface area contributed by atoms with E-state index in [-0.39, 0.29) is 5.91 Å². The predicted octanol–water partition coefficient (Wildman–Crippen LogP) is 0.717. The zero-order valence-corrected chi connectivity index (χ0v) is 16.2. The Morgan fingerprint density at radius 2 is 2.00 bits per heavy atom. The summed E-state index contributed by atoms with van der Waals surface area (Å²) in [5.41, 5.74) is 2.36. The fourth-order valence-corrected chi connectivity index (χ4v) is 4.51. The predicted molar refractivity (Wildman–Crippen MR) is 104 cm³/mol. The topological polar surface area (TPSA) is 70.4 Å². The minimum atomic E-state index is 0.262. The van der Waals surface area contributed by atoms with E-state index in [1.54, 1.807) is 6.20 Å². The molecule has 2 aromatic rings. The molecule has 8 heteroatoms. The van der Waals surface area contributed by atoms with Crippen molar-refractivity contribution in [3.63, 3.8) is 0 Å². The van der Waals surface area contributed by atoms with Crippen LogP contribution in [0.15, 0.2) is 24.5 Å². The zero-order valence-electron chi connectivity index (χ0n) is 16.2. The zero-order chi connectivity index (χ0) is 18.9.